The smallest absolute Gasteiger partial charge is 0.0723 e. The van der Waals surface area contributed by atoms with Gasteiger partial charge in [-0.05, 0) is 69.7 Å². The molecule has 0 unspecified atom stereocenters. The second-order valence-corrected chi connectivity index (χ2v) is 9.38. The lowest BCUT2D eigenvalue weighted by Gasteiger charge is -2.19. The van der Waals surface area contributed by atoms with Crippen molar-refractivity contribution in [3.8, 4) is 0 Å². The molecule has 2 rings (SSSR count). The van der Waals surface area contributed by atoms with E-state index in [0.29, 0.717) is 17.8 Å². The highest BCUT2D eigenvalue weighted by molar-refractivity contribution is 5.21. The Morgan fingerprint density at radius 1 is 1.32 bits per heavy atom. The number of unbranched alkanes of at least 4 members (excludes halogenated alkanes) is 1. The number of nitrogens with zero attached hydrogens (tertiary/aromatic N) is 1. The number of hydrogen-bond acceptors (Lipinski definition) is 4. The van der Waals surface area contributed by atoms with Crippen molar-refractivity contribution in [2.45, 2.75) is 71.0 Å². The normalized spacial score (nSPS) is 29.5. The van der Waals surface area contributed by atoms with Gasteiger partial charge in [-0.2, -0.15) is 0 Å². The van der Waals surface area contributed by atoms with Gasteiger partial charge in [-0.25, -0.2) is 0 Å². The van der Waals surface area contributed by atoms with E-state index in [1.807, 2.05) is 6.08 Å². The van der Waals surface area contributed by atoms with Crippen molar-refractivity contribution in [2.24, 2.45) is 23.7 Å². The number of aliphatic hydroxyl groups is 2. The molecule has 0 spiro atoms. The second-order valence-electron chi connectivity index (χ2n) is 9.38. The Morgan fingerprint density at radius 3 is 2.82 bits per heavy atom. The Balaban J connectivity index is 1.75. The molecule has 4 nitrogen and oxygen atoms in total. The van der Waals surface area contributed by atoms with E-state index in [0.717, 1.165) is 45.4 Å². The quantitative estimate of drug-likeness (QED) is 0.366. The highest BCUT2D eigenvalue weighted by atomic mass is 16.5. The van der Waals surface area contributed by atoms with Crippen molar-refractivity contribution in [1.82, 2.24) is 4.90 Å². The van der Waals surface area contributed by atoms with Gasteiger partial charge in [0.1, 0.15) is 0 Å². The minimum Gasteiger partial charge on any atom is -0.392 e. The van der Waals surface area contributed by atoms with Crippen LogP contribution in [-0.2, 0) is 4.74 Å². The minimum atomic E-state index is -0.396. The van der Waals surface area contributed by atoms with Crippen molar-refractivity contribution < 1.29 is 14.9 Å². The van der Waals surface area contributed by atoms with Gasteiger partial charge in [0, 0.05) is 12.5 Å². The van der Waals surface area contributed by atoms with Crippen LogP contribution in [0.3, 0.4) is 0 Å². The van der Waals surface area contributed by atoms with E-state index in [2.05, 4.69) is 45.0 Å². The molecule has 0 amide bonds. The Kier molecular flexibility index (Phi) is 10.2. The molecule has 1 fully saturated rings. The fourth-order valence-corrected chi connectivity index (χ4v) is 4.82. The maximum atomic E-state index is 10.5. The maximum absolute atomic E-state index is 10.5. The monoisotopic (exact) mass is 393 g/mol. The van der Waals surface area contributed by atoms with Crippen LogP contribution in [0.4, 0.5) is 0 Å². The summed E-state index contributed by atoms with van der Waals surface area (Å²) in [7, 11) is 4.17. The van der Waals surface area contributed by atoms with Crippen LogP contribution in [0.25, 0.3) is 0 Å². The first kappa shape index (κ1) is 23.6. The van der Waals surface area contributed by atoms with Gasteiger partial charge in [0.2, 0.25) is 0 Å². The van der Waals surface area contributed by atoms with Crippen LogP contribution in [0.2, 0.25) is 0 Å². The van der Waals surface area contributed by atoms with Crippen LogP contribution in [0, 0.1) is 23.7 Å². The number of fused-ring (bicyclic) bond motifs is 1. The van der Waals surface area contributed by atoms with Gasteiger partial charge in [0.15, 0.2) is 0 Å². The van der Waals surface area contributed by atoms with Gasteiger partial charge in [-0.3, -0.25) is 0 Å². The van der Waals surface area contributed by atoms with Gasteiger partial charge in [-0.15, -0.1) is 0 Å². The maximum Gasteiger partial charge on any atom is 0.0723 e. The zero-order valence-corrected chi connectivity index (χ0v) is 18.5. The molecular formula is C24H43NO3. The first-order valence-corrected chi connectivity index (χ1v) is 11.4. The van der Waals surface area contributed by atoms with E-state index in [4.69, 9.17) is 4.74 Å². The van der Waals surface area contributed by atoms with Crippen molar-refractivity contribution in [1.29, 1.82) is 0 Å². The van der Waals surface area contributed by atoms with Gasteiger partial charge >= 0.3 is 0 Å². The molecular weight excluding hydrogens is 350 g/mol. The lowest BCUT2D eigenvalue weighted by atomic mass is 9.88. The Morgan fingerprint density at radius 2 is 2.11 bits per heavy atom. The third kappa shape index (κ3) is 7.62. The van der Waals surface area contributed by atoms with Gasteiger partial charge in [-0.1, -0.05) is 51.3 Å². The number of ether oxygens (including phenoxy) is 1. The highest BCUT2D eigenvalue weighted by Crippen LogP contribution is 2.47. The molecule has 0 heterocycles. The first-order chi connectivity index (χ1) is 13.4. The van der Waals surface area contributed by atoms with Crippen LogP contribution in [-0.4, -0.2) is 61.2 Å². The van der Waals surface area contributed by atoms with Crippen LogP contribution < -0.4 is 0 Å². The van der Waals surface area contributed by atoms with Crippen LogP contribution >= 0.6 is 0 Å². The minimum absolute atomic E-state index is 0.160. The molecule has 4 heteroatoms. The van der Waals surface area contributed by atoms with Crippen molar-refractivity contribution in [3.05, 3.63) is 23.8 Å². The van der Waals surface area contributed by atoms with E-state index in [1.165, 1.54) is 24.8 Å². The predicted molar refractivity (Wildman–Crippen MR) is 116 cm³/mol. The lowest BCUT2D eigenvalue weighted by molar-refractivity contribution is 0.131. The van der Waals surface area contributed by atoms with Crippen molar-refractivity contribution in [3.63, 3.8) is 0 Å². The molecule has 0 saturated heterocycles. The molecule has 0 aliphatic heterocycles. The van der Waals surface area contributed by atoms with Crippen LogP contribution in [0.15, 0.2) is 23.8 Å². The zero-order chi connectivity index (χ0) is 20.5. The van der Waals surface area contributed by atoms with E-state index >= 15 is 0 Å². The van der Waals surface area contributed by atoms with Crippen LogP contribution in [0.1, 0.15) is 58.8 Å². The topological polar surface area (TPSA) is 52.9 Å². The summed E-state index contributed by atoms with van der Waals surface area (Å²) < 4.78 is 5.85. The molecule has 2 N–H and O–H groups in total. The van der Waals surface area contributed by atoms with E-state index in [1.54, 1.807) is 0 Å². The van der Waals surface area contributed by atoms with Crippen LogP contribution in [0.5, 0.6) is 0 Å². The highest BCUT2D eigenvalue weighted by Gasteiger charge is 2.43. The summed E-state index contributed by atoms with van der Waals surface area (Å²) in [6, 6.07) is 0. The first-order valence-electron chi connectivity index (χ1n) is 11.4. The molecule has 6 atom stereocenters. The molecule has 0 aromatic rings. The molecule has 162 valence electrons. The fraction of sp³-hybridized carbons (Fsp3) is 0.833. The molecule has 2 aliphatic rings. The van der Waals surface area contributed by atoms with E-state index in [9.17, 15) is 10.2 Å². The largest absolute Gasteiger partial charge is 0.392 e. The molecule has 1 saturated carbocycles. The molecule has 0 aromatic carbocycles. The standard InChI is InChI=1S/C24H43NO3/c1-5-6-8-18(2)13-21(26)9-10-22-23-15-19(14-20(23)16-24(22)27)17-28-12-7-11-25(3)4/h9-10,14,18,20-24,26-27H,5-8,11-13,15-17H2,1-4H3/t18-,20-,21+,22+,23-,24+/m0/s1. The average molecular weight is 394 g/mol. The molecule has 0 aromatic heterocycles. The Labute approximate surface area is 172 Å². The van der Waals surface area contributed by atoms with E-state index in [-0.39, 0.29) is 12.0 Å². The summed E-state index contributed by atoms with van der Waals surface area (Å²) >= 11 is 0. The Bertz CT molecular complexity index is 502. The van der Waals surface area contributed by atoms with Gasteiger partial charge < -0.3 is 19.8 Å². The molecule has 2 aliphatic carbocycles. The third-order valence-corrected chi connectivity index (χ3v) is 6.38. The SMILES string of the molecule is CCCC[C@H](C)C[C@H](O)C=C[C@@H]1[C@H]2CC(COCCCN(C)C)=C[C@H]2C[C@H]1O. The number of hydrogen-bond donors (Lipinski definition) is 2. The third-order valence-electron chi connectivity index (χ3n) is 6.38. The zero-order valence-electron chi connectivity index (χ0n) is 18.5. The Hall–Kier alpha value is -0.680. The summed E-state index contributed by atoms with van der Waals surface area (Å²) in [5.41, 5.74) is 1.39. The number of allylic oxidation sites excluding steroid dienone is 1. The summed E-state index contributed by atoms with van der Waals surface area (Å²) in [5, 5.41) is 20.9. The summed E-state index contributed by atoms with van der Waals surface area (Å²) in [4.78, 5) is 2.18. The average Bonchev–Trinajstić information content (AvgIpc) is 3.14. The van der Waals surface area contributed by atoms with Gasteiger partial charge in [0.25, 0.3) is 0 Å². The second kappa shape index (κ2) is 12.1. The summed E-state index contributed by atoms with van der Waals surface area (Å²) in [5.74, 6) is 1.64. The van der Waals surface area contributed by atoms with Gasteiger partial charge in [0.05, 0.1) is 18.8 Å². The molecule has 0 bridgehead atoms. The molecule has 28 heavy (non-hydrogen) atoms. The van der Waals surface area contributed by atoms with E-state index < -0.39 is 6.10 Å². The van der Waals surface area contributed by atoms with Crippen molar-refractivity contribution >= 4 is 0 Å². The number of rotatable bonds is 13. The fourth-order valence-electron chi connectivity index (χ4n) is 4.82. The predicted octanol–water partition coefficient (Wildman–Crippen LogP) is 4.03. The molecule has 0 radical (unpaired) electrons. The van der Waals surface area contributed by atoms with Crippen molar-refractivity contribution in [2.75, 3.05) is 33.9 Å². The summed E-state index contributed by atoms with van der Waals surface area (Å²) in [6.07, 6.45) is 13.1. The summed E-state index contributed by atoms with van der Waals surface area (Å²) in [6.45, 7) is 7.02. The lowest BCUT2D eigenvalue weighted by Crippen LogP contribution is -2.19. The number of aliphatic hydroxyl groups excluding tert-OH is 2.